The number of carbonyl (C=O) groups excluding carboxylic acids is 1. The SMILES string of the molecule is CC#C[C@@H](CC(=O)OCC)c1ccc(OCc2ccc(CBr)cc2)cc1. The highest BCUT2D eigenvalue weighted by Gasteiger charge is 2.14. The van der Waals surface area contributed by atoms with Gasteiger partial charge in [-0.3, -0.25) is 4.79 Å². The molecule has 0 unspecified atom stereocenters. The van der Waals surface area contributed by atoms with Crippen molar-refractivity contribution in [1.82, 2.24) is 0 Å². The second-order valence-electron chi connectivity index (χ2n) is 5.76. The molecule has 4 heteroatoms. The normalized spacial score (nSPS) is 11.2. The van der Waals surface area contributed by atoms with Crippen LogP contribution < -0.4 is 4.74 Å². The predicted molar refractivity (Wildman–Crippen MR) is 107 cm³/mol. The molecule has 0 amide bonds. The van der Waals surface area contributed by atoms with E-state index < -0.39 is 0 Å². The van der Waals surface area contributed by atoms with Crippen LogP contribution in [-0.4, -0.2) is 12.6 Å². The molecule has 1 atom stereocenters. The second kappa shape index (κ2) is 10.7. The number of benzene rings is 2. The lowest BCUT2D eigenvalue weighted by Crippen LogP contribution is -2.09. The van der Waals surface area contributed by atoms with E-state index in [1.54, 1.807) is 13.8 Å². The van der Waals surface area contributed by atoms with Crippen LogP contribution >= 0.6 is 15.9 Å². The van der Waals surface area contributed by atoms with Gasteiger partial charge in [0.25, 0.3) is 0 Å². The summed E-state index contributed by atoms with van der Waals surface area (Å²) in [5.41, 5.74) is 3.35. The molecule has 136 valence electrons. The Morgan fingerprint density at radius 1 is 1.08 bits per heavy atom. The molecule has 2 rings (SSSR count). The van der Waals surface area contributed by atoms with E-state index in [2.05, 4.69) is 52.0 Å². The molecule has 0 aliphatic carbocycles. The molecular formula is C22H23BrO3. The van der Waals surface area contributed by atoms with Crippen LogP contribution in [0.15, 0.2) is 48.5 Å². The van der Waals surface area contributed by atoms with Gasteiger partial charge in [-0.1, -0.05) is 58.2 Å². The molecule has 0 spiro atoms. The Kier molecular flexibility index (Phi) is 8.24. The zero-order valence-electron chi connectivity index (χ0n) is 15.1. The summed E-state index contributed by atoms with van der Waals surface area (Å²) in [5, 5.41) is 0.850. The number of alkyl halides is 1. The van der Waals surface area contributed by atoms with Crippen LogP contribution in [0.1, 0.15) is 42.9 Å². The fraction of sp³-hybridized carbons (Fsp3) is 0.318. The summed E-state index contributed by atoms with van der Waals surface area (Å²) in [7, 11) is 0. The van der Waals surface area contributed by atoms with Gasteiger partial charge in [-0.05, 0) is 42.7 Å². The summed E-state index contributed by atoms with van der Waals surface area (Å²) >= 11 is 3.44. The maximum atomic E-state index is 11.8. The number of esters is 1. The Balaban J connectivity index is 1.98. The molecule has 3 nitrogen and oxygen atoms in total. The average Bonchev–Trinajstić information content (AvgIpc) is 2.67. The van der Waals surface area contributed by atoms with Crippen LogP contribution in [0.5, 0.6) is 5.75 Å². The lowest BCUT2D eigenvalue weighted by atomic mass is 9.96. The molecule has 0 aromatic heterocycles. The van der Waals surface area contributed by atoms with E-state index in [0.717, 1.165) is 22.2 Å². The van der Waals surface area contributed by atoms with E-state index in [4.69, 9.17) is 9.47 Å². The number of hydrogen-bond donors (Lipinski definition) is 0. The molecule has 0 saturated carbocycles. The van der Waals surface area contributed by atoms with E-state index in [9.17, 15) is 4.79 Å². The molecule has 0 aliphatic rings. The number of hydrogen-bond acceptors (Lipinski definition) is 3. The highest BCUT2D eigenvalue weighted by Crippen LogP contribution is 2.23. The van der Waals surface area contributed by atoms with Gasteiger partial charge in [0.15, 0.2) is 0 Å². The van der Waals surface area contributed by atoms with Crippen LogP contribution in [0.25, 0.3) is 0 Å². The molecule has 0 saturated heterocycles. The van der Waals surface area contributed by atoms with Gasteiger partial charge < -0.3 is 9.47 Å². The maximum Gasteiger partial charge on any atom is 0.307 e. The first kappa shape index (κ1) is 20.1. The van der Waals surface area contributed by atoms with Crippen LogP contribution in [0.2, 0.25) is 0 Å². The smallest absolute Gasteiger partial charge is 0.307 e. The maximum absolute atomic E-state index is 11.8. The molecule has 0 aliphatic heterocycles. The molecule has 0 fully saturated rings. The van der Waals surface area contributed by atoms with Gasteiger partial charge in [-0.25, -0.2) is 0 Å². The summed E-state index contributed by atoms with van der Waals surface area (Å²) in [5.74, 6) is 6.37. The molecule has 0 N–H and O–H groups in total. The largest absolute Gasteiger partial charge is 0.489 e. The van der Waals surface area contributed by atoms with Crippen molar-refractivity contribution in [3.05, 3.63) is 65.2 Å². The monoisotopic (exact) mass is 414 g/mol. The Labute approximate surface area is 163 Å². The molecule has 0 heterocycles. The van der Waals surface area contributed by atoms with Crippen molar-refractivity contribution >= 4 is 21.9 Å². The summed E-state index contributed by atoms with van der Waals surface area (Å²) in [6, 6.07) is 16.0. The van der Waals surface area contributed by atoms with E-state index in [0.29, 0.717) is 13.2 Å². The zero-order chi connectivity index (χ0) is 18.8. The second-order valence-corrected chi connectivity index (χ2v) is 6.32. The summed E-state index contributed by atoms with van der Waals surface area (Å²) in [6.45, 7) is 4.48. The van der Waals surface area contributed by atoms with Crippen LogP contribution in [-0.2, 0) is 21.5 Å². The lowest BCUT2D eigenvalue weighted by Gasteiger charge is -2.12. The molecule has 0 bridgehead atoms. The minimum Gasteiger partial charge on any atom is -0.489 e. The van der Waals surface area contributed by atoms with Crippen molar-refractivity contribution in [1.29, 1.82) is 0 Å². The van der Waals surface area contributed by atoms with Crippen molar-refractivity contribution < 1.29 is 14.3 Å². The number of ether oxygens (including phenoxy) is 2. The molecule has 26 heavy (non-hydrogen) atoms. The first-order chi connectivity index (χ1) is 12.7. The summed E-state index contributed by atoms with van der Waals surface area (Å²) in [4.78, 5) is 11.8. The van der Waals surface area contributed by atoms with Gasteiger partial charge in [-0.15, -0.1) is 5.92 Å². The highest BCUT2D eigenvalue weighted by atomic mass is 79.9. The summed E-state index contributed by atoms with van der Waals surface area (Å²) in [6.07, 6.45) is 0.259. The quantitative estimate of drug-likeness (QED) is 0.337. The van der Waals surface area contributed by atoms with Crippen LogP contribution in [0.4, 0.5) is 0 Å². The number of halogens is 1. The van der Waals surface area contributed by atoms with E-state index >= 15 is 0 Å². The van der Waals surface area contributed by atoms with Crippen molar-refractivity contribution in [2.75, 3.05) is 6.61 Å². The fourth-order valence-electron chi connectivity index (χ4n) is 2.50. The van der Waals surface area contributed by atoms with Gasteiger partial charge in [0.1, 0.15) is 12.4 Å². The van der Waals surface area contributed by atoms with E-state index in [1.807, 2.05) is 24.3 Å². The Hall–Kier alpha value is -2.25. The molecule has 0 radical (unpaired) electrons. The number of carbonyl (C=O) groups is 1. The number of rotatable bonds is 8. The third-order valence-electron chi connectivity index (χ3n) is 3.86. The van der Waals surface area contributed by atoms with Gasteiger partial charge >= 0.3 is 5.97 Å². The van der Waals surface area contributed by atoms with Crippen molar-refractivity contribution in [2.24, 2.45) is 0 Å². The lowest BCUT2D eigenvalue weighted by molar-refractivity contribution is -0.143. The molecular weight excluding hydrogens is 392 g/mol. The Bertz CT molecular complexity index is 755. The third kappa shape index (κ3) is 6.24. The minimum atomic E-state index is -0.229. The predicted octanol–water partition coefficient (Wildman–Crippen LogP) is 5.22. The van der Waals surface area contributed by atoms with Crippen LogP contribution in [0.3, 0.4) is 0 Å². The van der Waals surface area contributed by atoms with Gasteiger partial charge in [0, 0.05) is 5.33 Å². The van der Waals surface area contributed by atoms with Gasteiger partial charge in [0.2, 0.25) is 0 Å². The first-order valence-electron chi connectivity index (χ1n) is 8.60. The van der Waals surface area contributed by atoms with E-state index in [-0.39, 0.29) is 18.3 Å². The zero-order valence-corrected chi connectivity index (χ0v) is 16.7. The summed E-state index contributed by atoms with van der Waals surface area (Å²) < 4.78 is 10.9. The van der Waals surface area contributed by atoms with Crippen LogP contribution in [0, 0.1) is 11.8 Å². The topological polar surface area (TPSA) is 35.5 Å². The minimum absolute atomic E-state index is 0.162. The van der Waals surface area contributed by atoms with Gasteiger partial charge in [0.05, 0.1) is 18.9 Å². The Morgan fingerprint density at radius 3 is 2.31 bits per heavy atom. The molecule has 2 aromatic rings. The fourth-order valence-corrected chi connectivity index (χ4v) is 2.87. The molecule has 2 aromatic carbocycles. The van der Waals surface area contributed by atoms with E-state index in [1.165, 1.54) is 5.56 Å². The average molecular weight is 415 g/mol. The van der Waals surface area contributed by atoms with Crippen molar-refractivity contribution in [3.8, 4) is 17.6 Å². The third-order valence-corrected chi connectivity index (χ3v) is 4.51. The first-order valence-corrected chi connectivity index (χ1v) is 9.72. The van der Waals surface area contributed by atoms with Crippen molar-refractivity contribution in [2.45, 2.75) is 38.1 Å². The highest BCUT2D eigenvalue weighted by molar-refractivity contribution is 9.08. The standard InChI is InChI=1S/C22H23BrO3/c1-3-5-20(14-22(24)25-4-2)19-10-12-21(13-11-19)26-16-18-8-6-17(15-23)7-9-18/h6-13,20H,4,14-16H2,1-2H3/t20-/m0/s1. The van der Waals surface area contributed by atoms with Gasteiger partial charge in [-0.2, -0.15) is 0 Å². The Morgan fingerprint density at radius 2 is 1.73 bits per heavy atom. The van der Waals surface area contributed by atoms with Crippen molar-refractivity contribution in [3.63, 3.8) is 0 Å².